The number of carbonyl (C=O) groups excluding carboxylic acids is 1. The van der Waals surface area contributed by atoms with E-state index >= 15 is 0 Å². The van der Waals surface area contributed by atoms with Crippen molar-refractivity contribution in [2.75, 3.05) is 16.8 Å². The Bertz CT molecular complexity index is 744. The van der Waals surface area contributed by atoms with E-state index in [1.165, 1.54) is 5.56 Å². The quantitative estimate of drug-likeness (QED) is 0.934. The van der Waals surface area contributed by atoms with Crippen LogP contribution in [-0.2, 0) is 6.42 Å². The van der Waals surface area contributed by atoms with Crippen LogP contribution in [0.4, 0.5) is 11.6 Å². The predicted molar refractivity (Wildman–Crippen MR) is 96.6 cm³/mol. The van der Waals surface area contributed by atoms with Gasteiger partial charge in [-0.15, -0.1) is 0 Å². The summed E-state index contributed by atoms with van der Waals surface area (Å²) in [5.74, 6) is 0.470. The SMILES string of the molecule is CCC(C)Nc1nc(C)cc(C(=O)N2CCCc3ccccc32)n1. The van der Waals surface area contributed by atoms with Crippen LogP contribution in [0.2, 0.25) is 0 Å². The maximum Gasteiger partial charge on any atom is 0.277 e. The zero-order valence-corrected chi connectivity index (χ0v) is 14.5. The van der Waals surface area contributed by atoms with Crippen molar-refractivity contribution in [3.05, 3.63) is 47.3 Å². The van der Waals surface area contributed by atoms with Crippen LogP contribution in [0.3, 0.4) is 0 Å². The van der Waals surface area contributed by atoms with Gasteiger partial charge in [0.05, 0.1) is 0 Å². The molecule has 0 fully saturated rings. The normalized spacial score (nSPS) is 14.9. The summed E-state index contributed by atoms with van der Waals surface area (Å²) in [6.45, 7) is 6.80. The molecule has 1 unspecified atom stereocenters. The first-order valence-electron chi connectivity index (χ1n) is 8.60. The number of nitrogens with one attached hydrogen (secondary N) is 1. The molecule has 1 aliphatic heterocycles. The van der Waals surface area contributed by atoms with E-state index in [9.17, 15) is 4.79 Å². The molecule has 1 aliphatic rings. The van der Waals surface area contributed by atoms with Gasteiger partial charge >= 0.3 is 0 Å². The molecule has 1 N–H and O–H groups in total. The Labute approximate surface area is 143 Å². The van der Waals surface area contributed by atoms with Gasteiger partial charge in [0, 0.05) is 24.0 Å². The number of rotatable bonds is 4. The zero-order chi connectivity index (χ0) is 17.1. The number of aromatic nitrogens is 2. The molecule has 0 radical (unpaired) electrons. The van der Waals surface area contributed by atoms with Gasteiger partial charge in [0.25, 0.3) is 5.91 Å². The molecule has 0 spiro atoms. The Morgan fingerprint density at radius 2 is 2.12 bits per heavy atom. The first kappa shape index (κ1) is 16.4. The molecule has 2 aromatic rings. The third-order valence-electron chi connectivity index (χ3n) is 4.42. The summed E-state index contributed by atoms with van der Waals surface area (Å²) in [6.07, 6.45) is 2.97. The van der Waals surface area contributed by atoms with Gasteiger partial charge in [-0.3, -0.25) is 4.79 Å². The lowest BCUT2D eigenvalue weighted by Gasteiger charge is -2.29. The first-order valence-corrected chi connectivity index (χ1v) is 8.60. The van der Waals surface area contributed by atoms with Crippen molar-refractivity contribution < 1.29 is 4.79 Å². The van der Waals surface area contributed by atoms with Crippen molar-refractivity contribution in [2.45, 2.75) is 46.1 Å². The minimum Gasteiger partial charge on any atom is -0.352 e. The van der Waals surface area contributed by atoms with Gasteiger partial charge in [-0.2, -0.15) is 0 Å². The number of aryl methyl sites for hydroxylation is 2. The Morgan fingerprint density at radius 1 is 1.33 bits per heavy atom. The molecular formula is C19H24N4O. The van der Waals surface area contributed by atoms with E-state index in [2.05, 4.69) is 35.2 Å². The number of anilines is 2. The van der Waals surface area contributed by atoms with Crippen LogP contribution in [0.25, 0.3) is 0 Å². The number of hydrogen-bond acceptors (Lipinski definition) is 4. The van der Waals surface area contributed by atoms with Crippen LogP contribution in [0.1, 0.15) is 48.4 Å². The molecule has 0 aliphatic carbocycles. The molecule has 126 valence electrons. The van der Waals surface area contributed by atoms with Crippen molar-refractivity contribution in [1.29, 1.82) is 0 Å². The minimum absolute atomic E-state index is 0.0557. The van der Waals surface area contributed by atoms with Crippen molar-refractivity contribution >= 4 is 17.5 Å². The molecule has 1 aromatic heterocycles. The lowest BCUT2D eigenvalue weighted by Crippen LogP contribution is -2.36. The topological polar surface area (TPSA) is 58.1 Å². The van der Waals surface area contributed by atoms with Crippen molar-refractivity contribution in [3.8, 4) is 0 Å². The van der Waals surface area contributed by atoms with Crippen LogP contribution in [-0.4, -0.2) is 28.5 Å². The monoisotopic (exact) mass is 324 g/mol. The molecule has 2 heterocycles. The molecule has 1 atom stereocenters. The number of nitrogens with zero attached hydrogens (tertiary/aromatic N) is 3. The molecular weight excluding hydrogens is 300 g/mol. The first-order chi connectivity index (χ1) is 11.6. The van der Waals surface area contributed by atoms with Gasteiger partial charge < -0.3 is 10.2 Å². The Balaban J connectivity index is 1.91. The summed E-state index contributed by atoms with van der Waals surface area (Å²) in [7, 11) is 0. The van der Waals surface area contributed by atoms with Crippen LogP contribution in [0, 0.1) is 6.92 Å². The molecule has 5 heteroatoms. The minimum atomic E-state index is -0.0557. The van der Waals surface area contributed by atoms with Gasteiger partial charge in [-0.25, -0.2) is 9.97 Å². The van der Waals surface area contributed by atoms with Crippen molar-refractivity contribution in [3.63, 3.8) is 0 Å². The maximum atomic E-state index is 13.0. The Hall–Kier alpha value is -2.43. The van der Waals surface area contributed by atoms with E-state index in [1.807, 2.05) is 30.0 Å². The lowest BCUT2D eigenvalue weighted by atomic mass is 10.0. The largest absolute Gasteiger partial charge is 0.352 e. The standard InChI is InChI=1S/C19H24N4O/c1-4-13(2)20-19-21-14(3)12-16(22-19)18(24)23-11-7-9-15-8-5-6-10-17(15)23/h5-6,8,10,12-13H,4,7,9,11H2,1-3H3,(H,20,21,22). The van der Waals surface area contributed by atoms with Gasteiger partial charge in [-0.1, -0.05) is 25.1 Å². The van der Waals surface area contributed by atoms with Crippen molar-refractivity contribution in [2.24, 2.45) is 0 Å². The smallest absolute Gasteiger partial charge is 0.277 e. The summed E-state index contributed by atoms with van der Waals surface area (Å²) in [6, 6.07) is 10.1. The van der Waals surface area contributed by atoms with E-state index in [-0.39, 0.29) is 11.9 Å². The number of fused-ring (bicyclic) bond motifs is 1. The molecule has 3 rings (SSSR count). The number of hydrogen-bond donors (Lipinski definition) is 1. The van der Waals surface area contributed by atoms with Gasteiger partial charge in [0.15, 0.2) is 0 Å². The third kappa shape index (κ3) is 3.40. The number of benzene rings is 1. The van der Waals surface area contributed by atoms with Crippen LogP contribution in [0.5, 0.6) is 0 Å². The lowest BCUT2D eigenvalue weighted by molar-refractivity contribution is 0.0980. The summed E-state index contributed by atoms with van der Waals surface area (Å²) in [4.78, 5) is 23.7. The molecule has 1 aromatic carbocycles. The third-order valence-corrected chi connectivity index (χ3v) is 4.42. The molecule has 24 heavy (non-hydrogen) atoms. The van der Waals surface area contributed by atoms with Crippen LogP contribution < -0.4 is 10.2 Å². The van der Waals surface area contributed by atoms with E-state index in [0.29, 0.717) is 11.6 Å². The highest BCUT2D eigenvalue weighted by Gasteiger charge is 2.24. The summed E-state index contributed by atoms with van der Waals surface area (Å²) in [5, 5.41) is 3.26. The fraction of sp³-hybridized carbons (Fsp3) is 0.421. The van der Waals surface area contributed by atoms with Crippen LogP contribution in [0.15, 0.2) is 30.3 Å². The van der Waals surface area contributed by atoms with E-state index < -0.39 is 0 Å². The van der Waals surface area contributed by atoms with E-state index in [1.54, 1.807) is 6.07 Å². The highest BCUT2D eigenvalue weighted by molar-refractivity contribution is 6.05. The molecule has 0 saturated heterocycles. The highest BCUT2D eigenvalue weighted by Crippen LogP contribution is 2.28. The fourth-order valence-electron chi connectivity index (χ4n) is 2.95. The second-order valence-corrected chi connectivity index (χ2v) is 6.36. The molecule has 0 bridgehead atoms. The van der Waals surface area contributed by atoms with Gasteiger partial charge in [0.1, 0.15) is 5.69 Å². The predicted octanol–water partition coefficient (Wildman–Crippen LogP) is 3.59. The number of para-hydroxylation sites is 1. The molecule has 1 amide bonds. The van der Waals surface area contributed by atoms with Crippen molar-refractivity contribution in [1.82, 2.24) is 9.97 Å². The maximum absolute atomic E-state index is 13.0. The Kier molecular flexibility index (Phi) is 4.79. The van der Waals surface area contributed by atoms with Gasteiger partial charge in [-0.05, 0) is 50.8 Å². The second kappa shape index (κ2) is 6.99. The molecule has 0 saturated carbocycles. The average molecular weight is 324 g/mol. The van der Waals surface area contributed by atoms with Gasteiger partial charge in [0.2, 0.25) is 5.95 Å². The number of carbonyl (C=O) groups is 1. The van der Waals surface area contributed by atoms with E-state index in [0.717, 1.165) is 37.2 Å². The zero-order valence-electron chi connectivity index (χ0n) is 14.5. The summed E-state index contributed by atoms with van der Waals surface area (Å²) < 4.78 is 0. The number of amides is 1. The highest BCUT2D eigenvalue weighted by atomic mass is 16.2. The Morgan fingerprint density at radius 3 is 2.92 bits per heavy atom. The summed E-state index contributed by atoms with van der Waals surface area (Å²) in [5.41, 5.74) is 3.47. The summed E-state index contributed by atoms with van der Waals surface area (Å²) >= 11 is 0. The average Bonchev–Trinajstić information content (AvgIpc) is 2.60. The fourth-order valence-corrected chi connectivity index (χ4v) is 2.95. The molecule has 5 nitrogen and oxygen atoms in total. The second-order valence-electron chi connectivity index (χ2n) is 6.36. The van der Waals surface area contributed by atoms with Crippen LogP contribution >= 0.6 is 0 Å². The van der Waals surface area contributed by atoms with E-state index in [4.69, 9.17) is 0 Å².